The summed E-state index contributed by atoms with van der Waals surface area (Å²) < 4.78 is 11.6. The number of benzene rings is 1. The highest BCUT2D eigenvalue weighted by Gasteiger charge is 2.39. The Morgan fingerprint density at radius 3 is 2.70 bits per heavy atom. The fourth-order valence-corrected chi connectivity index (χ4v) is 3.44. The van der Waals surface area contributed by atoms with Crippen LogP contribution in [0.25, 0.3) is 0 Å². The number of anilines is 1. The zero-order chi connectivity index (χ0) is 14.0. The van der Waals surface area contributed by atoms with Crippen LogP contribution in [0.4, 0.5) is 5.69 Å². The molecule has 3 nitrogen and oxygen atoms in total. The summed E-state index contributed by atoms with van der Waals surface area (Å²) in [5, 5.41) is 3.73. The maximum Gasteiger partial charge on any atom is 0.0745 e. The van der Waals surface area contributed by atoms with Crippen molar-refractivity contribution >= 4 is 5.69 Å². The molecule has 2 fully saturated rings. The van der Waals surface area contributed by atoms with Crippen molar-refractivity contribution in [3.8, 4) is 0 Å². The molecule has 3 heteroatoms. The van der Waals surface area contributed by atoms with Crippen molar-refractivity contribution < 1.29 is 9.47 Å². The molecule has 2 heterocycles. The second-order valence-electron chi connectivity index (χ2n) is 6.30. The topological polar surface area (TPSA) is 30.5 Å². The van der Waals surface area contributed by atoms with E-state index in [0.29, 0.717) is 6.04 Å². The summed E-state index contributed by atoms with van der Waals surface area (Å²) in [6.07, 6.45) is 4.27. The molecule has 1 unspecified atom stereocenters. The predicted molar refractivity (Wildman–Crippen MR) is 81.3 cm³/mol. The monoisotopic (exact) mass is 275 g/mol. The van der Waals surface area contributed by atoms with Gasteiger partial charge in [-0.1, -0.05) is 17.7 Å². The third-order valence-corrected chi connectivity index (χ3v) is 4.64. The first kappa shape index (κ1) is 13.9. The van der Waals surface area contributed by atoms with Crippen LogP contribution in [0.1, 0.15) is 36.8 Å². The molecule has 1 atom stereocenters. The summed E-state index contributed by atoms with van der Waals surface area (Å²) in [5.74, 6) is 0. The standard InChI is InChI=1S/C17H25NO2/c1-13-3-4-16(14(2)11-13)18-15-5-8-20-17(12-15)6-9-19-10-7-17/h3-4,11,15,18H,5-10,12H2,1-2H3. The van der Waals surface area contributed by atoms with Crippen LogP contribution in [0, 0.1) is 13.8 Å². The van der Waals surface area contributed by atoms with Gasteiger partial charge < -0.3 is 14.8 Å². The number of rotatable bonds is 2. The van der Waals surface area contributed by atoms with Gasteiger partial charge in [0.2, 0.25) is 0 Å². The first-order chi connectivity index (χ1) is 9.67. The zero-order valence-electron chi connectivity index (χ0n) is 12.6. The van der Waals surface area contributed by atoms with Gasteiger partial charge >= 0.3 is 0 Å². The average molecular weight is 275 g/mol. The SMILES string of the molecule is Cc1ccc(NC2CCOC3(CCOCC3)C2)c(C)c1. The van der Waals surface area contributed by atoms with Crippen LogP contribution in [0.15, 0.2) is 18.2 Å². The van der Waals surface area contributed by atoms with Gasteiger partial charge in [0, 0.05) is 31.5 Å². The van der Waals surface area contributed by atoms with Crippen molar-refractivity contribution in [3.63, 3.8) is 0 Å². The van der Waals surface area contributed by atoms with Crippen LogP contribution in [0.3, 0.4) is 0 Å². The average Bonchev–Trinajstić information content (AvgIpc) is 2.43. The van der Waals surface area contributed by atoms with Crippen molar-refractivity contribution in [2.45, 2.75) is 51.2 Å². The van der Waals surface area contributed by atoms with Crippen LogP contribution in [0.2, 0.25) is 0 Å². The second-order valence-corrected chi connectivity index (χ2v) is 6.30. The van der Waals surface area contributed by atoms with E-state index in [4.69, 9.17) is 9.47 Å². The minimum atomic E-state index is 0.0623. The fraction of sp³-hybridized carbons (Fsp3) is 0.647. The molecule has 2 aliphatic heterocycles. The molecular formula is C17H25NO2. The normalized spacial score (nSPS) is 25.6. The lowest BCUT2D eigenvalue weighted by atomic mass is 9.84. The van der Waals surface area contributed by atoms with Gasteiger partial charge in [0.05, 0.1) is 5.60 Å². The lowest BCUT2D eigenvalue weighted by Crippen LogP contribution is -2.47. The van der Waals surface area contributed by atoms with Crippen LogP contribution < -0.4 is 5.32 Å². The Hall–Kier alpha value is -1.06. The van der Waals surface area contributed by atoms with E-state index < -0.39 is 0 Å². The van der Waals surface area contributed by atoms with E-state index in [0.717, 1.165) is 45.5 Å². The molecule has 0 aliphatic carbocycles. The largest absolute Gasteiger partial charge is 0.382 e. The maximum absolute atomic E-state index is 6.10. The molecule has 1 aromatic rings. The highest BCUT2D eigenvalue weighted by Crippen LogP contribution is 2.35. The molecule has 0 amide bonds. The Labute approximate surface area is 121 Å². The smallest absolute Gasteiger partial charge is 0.0745 e. The van der Waals surface area contributed by atoms with E-state index in [1.165, 1.54) is 16.8 Å². The van der Waals surface area contributed by atoms with Crippen LogP contribution in [-0.4, -0.2) is 31.5 Å². The zero-order valence-corrected chi connectivity index (χ0v) is 12.6. The summed E-state index contributed by atoms with van der Waals surface area (Å²) in [7, 11) is 0. The summed E-state index contributed by atoms with van der Waals surface area (Å²) in [6.45, 7) is 6.87. The highest BCUT2D eigenvalue weighted by molar-refractivity contribution is 5.52. The van der Waals surface area contributed by atoms with Crippen LogP contribution in [-0.2, 0) is 9.47 Å². The van der Waals surface area contributed by atoms with E-state index in [1.807, 2.05) is 0 Å². The lowest BCUT2D eigenvalue weighted by Gasteiger charge is -2.43. The van der Waals surface area contributed by atoms with E-state index in [9.17, 15) is 0 Å². The summed E-state index contributed by atoms with van der Waals surface area (Å²) >= 11 is 0. The minimum Gasteiger partial charge on any atom is -0.382 e. The van der Waals surface area contributed by atoms with Gasteiger partial charge in [0.15, 0.2) is 0 Å². The lowest BCUT2D eigenvalue weighted by molar-refractivity contribution is -0.135. The number of hydrogen-bond donors (Lipinski definition) is 1. The van der Waals surface area contributed by atoms with Crippen LogP contribution >= 0.6 is 0 Å². The van der Waals surface area contributed by atoms with E-state index in [2.05, 4.69) is 37.4 Å². The third-order valence-electron chi connectivity index (χ3n) is 4.64. The van der Waals surface area contributed by atoms with Gasteiger partial charge in [0.25, 0.3) is 0 Å². The van der Waals surface area contributed by atoms with Crippen molar-refractivity contribution in [2.24, 2.45) is 0 Å². The van der Waals surface area contributed by atoms with Gasteiger partial charge in [0.1, 0.15) is 0 Å². The first-order valence-corrected chi connectivity index (χ1v) is 7.72. The summed E-state index contributed by atoms with van der Waals surface area (Å²) in [5.41, 5.74) is 3.98. The number of hydrogen-bond acceptors (Lipinski definition) is 3. The Morgan fingerprint density at radius 2 is 1.95 bits per heavy atom. The van der Waals surface area contributed by atoms with Crippen molar-refractivity contribution in [1.82, 2.24) is 0 Å². The number of aryl methyl sites for hydroxylation is 2. The van der Waals surface area contributed by atoms with Crippen molar-refractivity contribution in [1.29, 1.82) is 0 Å². The number of ether oxygens (including phenoxy) is 2. The van der Waals surface area contributed by atoms with Crippen molar-refractivity contribution in [2.75, 3.05) is 25.1 Å². The van der Waals surface area contributed by atoms with E-state index >= 15 is 0 Å². The van der Waals surface area contributed by atoms with Gasteiger partial charge in [-0.25, -0.2) is 0 Å². The molecule has 0 aromatic heterocycles. The maximum atomic E-state index is 6.10. The Kier molecular flexibility index (Phi) is 3.99. The third kappa shape index (κ3) is 2.99. The molecule has 2 aliphatic rings. The molecule has 1 aromatic carbocycles. The quantitative estimate of drug-likeness (QED) is 0.897. The molecule has 3 rings (SSSR count). The fourth-order valence-electron chi connectivity index (χ4n) is 3.44. The molecule has 20 heavy (non-hydrogen) atoms. The van der Waals surface area contributed by atoms with E-state index in [1.54, 1.807) is 0 Å². The minimum absolute atomic E-state index is 0.0623. The number of nitrogens with one attached hydrogen (secondary N) is 1. The molecule has 0 bridgehead atoms. The predicted octanol–water partition coefficient (Wildman–Crippen LogP) is 3.44. The molecule has 0 radical (unpaired) electrons. The Morgan fingerprint density at radius 1 is 1.15 bits per heavy atom. The molecule has 0 saturated carbocycles. The van der Waals surface area contributed by atoms with Gasteiger partial charge in [-0.3, -0.25) is 0 Å². The van der Waals surface area contributed by atoms with Crippen LogP contribution in [0.5, 0.6) is 0 Å². The second kappa shape index (κ2) is 5.74. The Bertz CT molecular complexity index is 461. The van der Waals surface area contributed by atoms with Gasteiger partial charge in [-0.15, -0.1) is 0 Å². The summed E-state index contributed by atoms with van der Waals surface area (Å²) in [4.78, 5) is 0. The summed E-state index contributed by atoms with van der Waals surface area (Å²) in [6, 6.07) is 7.14. The molecule has 1 N–H and O–H groups in total. The van der Waals surface area contributed by atoms with Gasteiger partial charge in [-0.2, -0.15) is 0 Å². The van der Waals surface area contributed by atoms with E-state index in [-0.39, 0.29) is 5.60 Å². The molecule has 1 spiro atoms. The molecule has 110 valence electrons. The first-order valence-electron chi connectivity index (χ1n) is 7.72. The molecule has 2 saturated heterocycles. The Balaban J connectivity index is 1.68. The van der Waals surface area contributed by atoms with Gasteiger partial charge in [-0.05, 0) is 51.2 Å². The van der Waals surface area contributed by atoms with Crippen molar-refractivity contribution in [3.05, 3.63) is 29.3 Å². The highest BCUT2D eigenvalue weighted by atomic mass is 16.5. The molecular weight excluding hydrogens is 250 g/mol.